The van der Waals surface area contributed by atoms with Crippen LogP contribution in [0, 0.1) is 25.7 Å². The maximum Gasteiger partial charge on any atom is 0.243 e. The second-order valence-electron chi connectivity index (χ2n) is 8.68. The molecule has 2 fully saturated rings. The van der Waals surface area contributed by atoms with Crippen LogP contribution in [0.5, 0.6) is 0 Å². The molecule has 0 spiro atoms. The molecule has 2 N–H and O–H groups in total. The smallest absolute Gasteiger partial charge is 0.243 e. The van der Waals surface area contributed by atoms with E-state index in [-0.39, 0.29) is 36.4 Å². The summed E-state index contributed by atoms with van der Waals surface area (Å²) in [5.41, 5.74) is 3.69. The molecule has 2 aliphatic rings. The number of likely N-dealkylation sites (N-methyl/N-ethyl adjacent to an activating group) is 1. The Morgan fingerprint density at radius 3 is 2.59 bits per heavy atom. The van der Waals surface area contributed by atoms with Gasteiger partial charge in [0.2, 0.25) is 5.91 Å². The fraction of sp³-hybridized carbons (Fsp3) is 0.762. The lowest BCUT2D eigenvalue weighted by Gasteiger charge is -2.25. The fourth-order valence-electron chi connectivity index (χ4n) is 4.69. The number of hydrogen-bond acceptors (Lipinski definition) is 3. The van der Waals surface area contributed by atoms with E-state index in [1.165, 1.54) is 36.9 Å². The minimum Gasteiger partial charge on any atom is -0.356 e. The van der Waals surface area contributed by atoms with Crippen LogP contribution in [0.2, 0.25) is 0 Å². The highest BCUT2D eigenvalue weighted by Gasteiger charge is 2.39. The summed E-state index contributed by atoms with van der Waals surface area (Å²) >= 11 is 0. The van der Waals surface area contributed by atoms with Crippen molar-refractivity contribution in [2.75, 3.05) is 27.2 Å². The molecule has 3 rings (SSSR count). The third kappa shape index (κ3) is 6.08. The molecule has 2 bridgehead atoms. The van der Waals surface area contributed by atoms with Crippen molar-refractivity contribution >= 4 is 35.8 Å². The normalized spacial score (nSPS) is 23.1. The van der Waals surface area contributed by atoms with Gasteiger partial charge in [-0.05, 0) is 63.4 Å². The molecule has 164 valence electrons. The van der Waals surface area contributed by atoms with Crippen molar-refractivity contribution in [3.8, 4) is 0 Å². The first-order valence-corrected chi connectivity index (χ1v) is 10.6. The highest BCUT2D eigenvalue weighted by Crippen LogP contribution is 2.44. The molecule has 0 aromatic carbocycles. The van der Waals surface area contributed by atoms with Gasteiger partial charge in [-0.2, -0.15) is 5.10 Å². The Kier molecular flexibility index (Phi) is 8.78. The lowest BCUT2D eigenvalue weighted by Crippen LogP contribution is -2.46. The van der Waals surface area contributed by atoms with E-state index in [2.05, 4.69) is 34.6 Å². The number of nitrogens with one attached hydrogen (secondary N) is 2. The molecule has 1 heterocycles. The minimum absolute atomic E-state index is 0. The number of nitrogens with zero attached hydrogens (tertiary/aromatic N) is 4. The first-order chi connectivity index (χ1) is 13.3. The van der Waals surface area contributed by atoms with Crippen molar-refractivity contribution in [2.45, 2.75) is 58.4 Å². The number of carbonyl (C=O) groups excluding carboxylic acids is 1. The largest absolute Gasteiger partial charge is 0.356 e. The number of fused-ring (bicyclic) bond motifs is 2. The summed E-state index contributed by atoms with van der Waals surface area (Å²) in [7, 11) is 5.54. The van der Waals surface area contributed by atoms with Crippen LogP contribution in [0.1, 0.15) is 49.1 Å². The molecule has 2 aliphatic carbocycles. The van der Waals surface area contributed by atoms with Gasteiger partial charge < -0.3 is 15.5 Å². The number of amides is 1. The highest BCUT2D eigenvalue weighted by atomic mass is 127. The van der Waals surface area contributed by atoms with Gasteiger partial charge in [0.25, 0.3) is 0 Å². The third-order valence-corrected chi connectivity index (χ3v) is 6.49. The standard InChI is InChI=1S/C21H36N6O.HI/c1-14-18(15(2)27(5)25-14)7-6-10-22-21(23-13-20(28)26(3)4)24-19-12-16-8-9-17(19)11-16;/h16-17,19H,6-13H2,1-5H3,(H2,22,23,24);1H. The molecule has 2 saturated carbocycles. The Labute approximate surface area is 192 Å². The van der Waals surface area contributed by atoms with E-state index in [1.54, 1.807) is 19.0 Å². The summed E-state index contributed by atoms with van der Waals surface area (Å²) in [6, 6.07) is 0.502. The number of aliphatic imine (C=N–C) groups is 1. The molecule has 3 unspecified atom stereocenters. The Hall–Kier alpha value is -1.32. The average molecular weight is 516 g/mol. The van der Waals surface area contributed by atoms with Crippen molar-refractivity contribution < 1.29 is 4.79 Å². The first-order valence-electron chi connectivity index (χ1n) is 10.6. The van der Waals surface area contributed by atoms with Gasteiger partial charge in [0.15, 0.2) is 5.96 Å². The number of aryl methyl sites for hydroxylation is 2. The van der Waals surface area contributed by atoms with Crippen LogP contribution in [0.4, 0.5) is 0 Å². The number of hydrogen-bond donors (Lipinski definition) is 2. The molecule has 8 heteroatoms. The summed E-state index contributed by atoms with van der Waals surface area (Å²) in [4.78, 5) is 18.1. The molecule has 1 aromatic rings. The van der Waals surface area contributed by atoms with Gasteiger partial charge in [-0.25, -0.2) is 4.99 Å². The predicted molar refractivity (Wildman–Crippen MR) is 128 cm³/mol. The third-order valence-electron chi connectivity index (χ3n) is 6.49. The van der Waals surface area contributed by atoms with Crippen LogP contribution < -0.4 is 10.6 Å². The molecule has 1 amide bonds. The molecular weight excluding hydrogens is 479 g/mol. The zero-order valence-electron chi connectivity index (χ0n) is 18.5. The summed E-state index contributed by atoms with van der Waals surface area (Å²) in [6.45, 7) is 5.21. The predicted octanol–water partition coefficient (Wildman–Crippen LogP) is 2.40. The average Bonchev–Trinajstić information content (AvgIpc) is 3.33. The van der Waals surface area contributed by atoms with Crippen LogP contribution in [-0.2, 0) is 18.3 Å². The number of aromatic nitrogens is 2. The number of rotatable bonds is 7. The van der Waals surface area contributed by atoms with E-state index in [1.807, 2.05) is 11.7 Å². The van der Waals surface area contributed by atoms with Gasteiger partial charge in [-0.15, -0.1) is 24.0 Å². The molecular formula is C21H37IN6O. The maximum absolute atomic E-state index is 12.0. The Morgan fingerprint density at radius 2 is 2.03 bits per heavy atom. The highest BCUT2D eigenvalue weighted by molar-refractivity contribution is 14.0. The Bertz CT molecular complexity index is 729. The maximum atomic E-state index is 12.0. The van der Waals surface area contributed by atoms with Crippen molar-refractivity contribution in [3.63, 3.8) is 0 Å². The Balaban J connectivity index is 0.00000300. The van der Waals surface area contributed by atoms with Gasteiger partial charge in [0.1, 0.15) is 6.54 Å². The zero-order valence-corrected chi connectivity index (χ0v) is 20.8. The van der Waals surface area contributed by atoms with E-state index in [9.17, 15) is 4.79 Å². The first kappa shape index (κ1) is 24.0. The molecule has 0 radical (unpaired) electrons. The summed E-state index contributed by atoms with van der Waals surface area (Å²) in [5.74, 6) is 2.45. The quantitative estimate of drug-likeness (QED) is 0.253. The van der Waals surface area contributed by atoms with E-state index >= 15 is 0 Å². The van der Waals surface area contributed by atoms with Crippen LogP contribution in [0.25, 0.3) is 0 Å². The van der Waals surface area contributed by atoms with Crippen LogP contribution in [-0.4, -0.2) is 59.8 Å². The van der Waals surface area contributed by atoms with Crippen molar-refractivity contribution in [1.29, 1.82) is 0 Å². The van der Waals surface area contributed by atoms with Crippen molar-refractivity contribution in [1.82, 2.24) is 25.3 Å². The van der Waals surface area contributed by atoms with Crippen LogP contribution in [0.15, 0.2) is 4.99 Å². The molecule has 0 saturated heterocycles. The fourth-order valence-corrected chi connectivity index (χ4v) is 4.69. The summed E-state index contributed by atoms with van der Waals surface area (Å²) in [5, 5.41) is 11.6. The summed E-state index contributed by atoms with van der Waals surface area (Å²) in [6.07, 6.45) is 7.29. The van der Waals surface area contributed by atoms with Gasteiger partial charge in [-0.3, -0.25) is 9.48 Å². The van der Waals surface area contributed by atoms with Crippen molar-refractivity contribution in [2.24, 2.45) is 23.9 Å². The van der Waals surface area contributed by atoms with Gasteiger partial charge in [0, 0.05) is 39.4 Å². The van der Waals surface area contributed by atoms with Crippen molar-refractivity contribution in [3.05, 3.63) is 17.0 Å². The molecule has 29 heavy (non-hydrogen) atoms. The van der Waals surface area contributed by atoms with E-state index in [0.29, 0.717) is 6.04 Å². The van der Waals surface area contributed by atoms with Crippen LogP contribution >= 0.6 is 24.0 Å². The van der Waals surface area contributed by atoms with Gasteiger partial charge >= 0.3 is 0 Å². The zero-order chi connectivity index (χ0) is 20.3. The monoisotopic (exact) mass is 516 g/mol. The number of halogens is 1. The van der Waals surface area contributed by atoms with Gasteiger partial charge in [-0.1, -0.05) is 6.42 Å². The van der Waals surface area contributed by atoms with E-state index < -0.39 is 0 Å². The Morgan fingerprint density at radius 1 is 1.28 bits per heavy atom. The topological polar surface area (TPSA) is 74.5 Å². The van der Waals surface area contributed by atoms with E-state index in [4.69, 9.17) is 0 Å². The second-order valence-corrected chi connectivity index (χ2v) is 8.68. The lowest BCUT2D eigenvalue weighted by atomic mass is 9.95. The molecule has 1 aromatic heterocycles. The molecule has 0 aliphatic heterocycles. The lowest BCUT2D eigenvalue weighted by molar-refractivity contribution is -0.127. The summed E-state index contributed by atoms with van der Waals surface area (Å²) < 4.78 is 1.95. The number of carbonyl (C=O) groups is 1. The SMILES string of the molecule is Cc1nn(C)c(C)c1CCCNC(=NCC(=O)N(C)C)NC1CC2CCC1C2.I. The van der Waals surface area contributed by atoms with E-state index in [0.717, 1.165) is 42.9 Å². The molecule has 3 atom stereocenters. The molecule has 7 nitrogen and oxygen atoms in total. The minimum atomic E-state index is 0. The second kappa shape index (κ2) is 10.6. The number of guanidine groups is 1. The van der Waals surface area contributed by atoms with Crippen LogP contribution in [0.3, 0.4) is 0 Å². The van der Waals surface area contributed by atoms with Gasteiger partial charge in [0.05, 0.1) is 5.69 Å².